The smallest absolute Gasteiger partial charge is 0.315 e. The van der Waals surface area contributed by atoms with E-state index in [-0.39, 0.29) is 5.82 Å². The van der Waals surface area contributed by atoms with E-state index in [1.165, 1.54) is 17.4 Å². The standard InChI is InChI=1S/C13H10FNO2S/c14-9-4-2-1-3-8(9)11-15-10(7-18-11)13(5-6-13)12(16)17/h1-4,7H,5-6H2,(H,16,17). The molecule has 2 aromatic rings. The van der Waals surface area contributed by atoms with Crippen LogP contribution in [0.15, 0.2) is 29.6 Å². The summed E-state index contributed by atoms with van der Waals surface area (Å²) in [5.74, 6) is -1.17. The van der Waals surface area contributed by atoms with Crippen molar-refractivity contribution >= 4 is 17.3 Å². The largest absolute Gasteiger partial charge is 0.481 e. The molecule has 1 heterocycles. The SMILES string of the molecule is O=C(O)C1(c2csc(-c3ccccc3F)n2)CC1. The van der Waals surface area contributed by atoms with Crippen LogP contribution in [0.2, 0.25) is 0 Å². The van der Waals surface area contributed by atoms with E-state index in [4.69, 9.17) is 0 Å². The van der Waals surface area contributed by atoms with E-state index in [1.807, 2.05) is 0 Å². The number of carboxylic acid groups (broad SMARTS) is 1. The first kappa shape index (κ1) is 11.3. The Morgan fingerprint density at radius 3 is 2.72 bits per heavy atom. The van der Waals surface area contributed by atoms with Crippen molar-refractivity contribution in [3.63, 3.8) is 0 Å². The van der Waals surface area contributed by atoms with Crippen LogP contribution in [0.5, 0.6) is 0 Å². The minimum absolute atomic E-state index is 0.335. The topological polar surface area (TPSA) is 50.2 Å². The van der Waals surface area contributed by atoms with Gasteiger partial charge in [0.1, 0.15) is 16.2 Å². The van der Waals surface area contributed by atoms with Crippen molar-refractivity contribution in [3.05, 3.63) is 41.2 Å². The lowest BCUT2D eigenvalue weighted by Crippen LogP contribution is -2.19. The van der Waals surface area contributed by atoms with Gasteiger partial charge in [-0.1, -0.05) is 12.1 Å². The highest BCUT2D eigenvalue weighted by Crippen LogP contribution is 2.49. The molecule has 1 fully saturated rings. The lowest BCUT2D eigenvalue weighted by molar-refractivity contribution is -0.140. The van der Waals surface area contributed by atoms with Crippen LogP contribution in [-0.2, 0) is 10.2 Å². The van der Waals surface area contributed by atoms with E-state index < -0.39 is 11.4 Å². The van der Waals surface area contributed by atoms with Gasteiger partial charge in [0.25, 0.3) is 0 Å². The van der Waals surface area contributed by atoms with E-state index >= 15 is 0 Å². The molecule has 92 valence electrons. The van der Waals surface area contributed by atoms with Crippen molar-refractivity contribution in [2.24, 2.45) is 0 Å². The second kappa shape index (κ2) is 3.88. The predicted octanol–water partition coefficient (Wildman–Crippen LogP) is 3.07. The molecule has 1 aromatic carbocycles. The molecule has 5 heteroatoms. The Morgan fingerprint density at radius 1 is 1.39 bits per heavy atom. The summed E-state index contributed by atoms with van der Waals surface area (Å²) >= 11 is 1.29. The molecule has 1 N–H and O–H groups in total. The summed E-state index contributed by atoms with van der Waals surface area (Å²) in [5.41, 5.74) is 0.160. The van der Waals surface area contributed by atoms with Crippen LogP contribution in [-0.4, -0.2) is 16.1 Å². The Kier molecular flexibility index (Phi) is 2.45. The maximum absolute atomic E-state index is 13.6. The van der Waals surface area contributed by atoms with E-state index in [2.05, 4.69) is 4.98 Å². The summed E-state index contributed by atoms with van der Waals surface area (Å²) in [4.78, 5) is 15.5. The number of nitrogens with zero attached hydrogens (tertiary/aromatic N) is 1. The van der Waals surface area contributed by atoms with Crippen LogP contribution in [0.1, 0.15) is 18.5 Å². The fraction of sp³-hybridized carbons (Fsp3) is 0.231. The van der Waals surface area contributed by atoms with E-state index in [0.29, 0.717) is 29.1 Å². The van der Waals surface area contributed by atoms with E-state index in [9.17, 15) is 14.3 Å². The highest BCUT2D eigenvalue weighted by Gasteiger charge is 2.53. The van der Waals surface area contributed by atoms with E-state index in [0.717, 1.165) is 0 Å². The molecular formula is C13H10FNO2S. The number of benzene rings is 1. The third-order valence-corrected chi connectivity index (χ3v) is 4.13. The molecule has 1 aliphatic carbocycles. The molecule has 1 aliphatic rings. The molecule has 0 spiro atoms. The highest BCUT2D eigenvalue weighted by atomic mass is 32.1. The molecule has 0 aliphatic heterocycles. The van der Waals surface area contributed by atoms with Crippen LogP contribution < -0.4 is 0 Å². The van der Waals surface area contributed by atoms with Crippen molar-refractivity contribution < 1.29 is 14.3 Å². The van der Waals surface area contributed by atoms with Gasteiger partial charge in [0.15, 0.2) is 0 Å². The number of aromatic nitrogens is 1. The molecule has 0 amide bonds. The molecule has 3 nitrogen and oxygen atoms in total. The van der Waals surface area contributed by atoms with Crippen molar-refractivity contribution in [2.45, 2.75) is 18.3 Å². The monoisotopic (exact) mass is 263 g/mol. The number of thiazole rings is 1. The zero-order chi connectivity index (χ0) is 12.8. The first-order valence-corrected chi connectivity index (χ1v) is 6.46. The number of hydrogen-bond donors (Lipinski definition) is 1. The van der Waals surface area contributed by atoms with Crippen molar-refractivity contribution in [1.29, 1.82) is 0 Å². The van der Waals surface area contributed by atoms with Gasteiger partial charge in [0, 0.05) is 10.9 Å². The molecule has 1 aromatic heterocycles. The van der Waals surface area contributed by atoms with E-state index in [1.54, 1.807) is 23.6 Å². The van der Waals surface area contributed by atoms with Gasteiger partial charge in [0.05, 0.1) is 5.69 Å². The van der Waals surface area contributed by atoms with Gasteiger partial charge in [-0.3, -0.25) is 4.79 Å². The van der Waals surface area contributed by atoms with Gasteiger partial charge in [-0.15, -0.1) is 11.3 Å². The Hall–Kier alpha value is -1.75. The summed E-state index contributed by atoms with van der Waals surface area (Å²) in [6.07, 6.45) is 1.23. The molecule has 0 unspecified atom stereocenters. The summed E-state index contributed by atoms with van der Waals surface area (Å²) in [6, 6.07) is 6.38. The first-order valence-electron chi connectivity index (χ1n) is 5.58. The van der Waals surface area contributed by atoms with Gasteiger partial charge in [-0.05, 0) is 25.0 Å². The quantitative estimate of drug-likeness (QED) is 0.925. The Morgan fingerprint density at radius 2 is 2.11 bits per heavy atom. The van der Waals surface area contributed by atoms with Crippen molar-refractivity contribution in [3.8, 4) is 10.6 Å². The molecular weight excluding hydrogens is 253 g/mol. The molecule has 3 rings (SSSR count). The normalized spacial score (nSPS) is 16.5. The predicted molar refractivity (Wildman–Crippen MR) is 66.1 cm³/mol. The molecule has 0 bridgehead atoms. The zero-order valence-electron chi connectivity index (χ0n) is 9.39. The maximum atomic E-state index is 13.6. The van der Waals surface area contributed by atoms with Gasteiger partial charge in [0.2, 0.25) is 0 Å². The van der Waals surface area contributed by atoms with Gasteiger partial charge < -0.3 is 5.11 Å². The van der Waals surface area contributed by atoms with Crippen molar-refractivity contribution in [2.75, 3.05) is 0 Å². The van der Waals surface area contributed by atoms with Gasteiger partial charge in [-0.25, -0.2) is 9.37 Å². The van der Waals surface area contributed by atoms with Gasteiger partial charge >= 0.3 is 5.97 Å². The van der Waals surface area contributed by atoms with Crippen molar-refractivity contribution in [1.82, 2.24) is 4.98 Å². The first-order chi connectivity index (χ1) is 8.63. The number of aliphatic carboxylic acids is 1. The number of carboxylic acids is 1. The minimum Gasteiger partial charge on any atom is -0.481 e. The van der Waals surface area contributed by atoms with Crippen LogP contribution in [0.25, 0.3) is 10.6 Å². The fourth-order valence-electron chi connectivity index (χ4n) is 1.96. The summed E-state index contributed by atoms with van der Waals surface area (Å²) in [6.45, 7) is 0. The lowest BCUT2D eigenvalue weighted by atomic mass is 10.0. The molecule has 0 radical (unpaired) electrons. The van der Waals surface area contributed by atoms with Crippen LogP contribution in [0, 0.1) is 5.82 Å². The third kappa shape index (κ3) is 1.62. The highest BCUT2D eigenvalue weighted by molar-refractivity contribution is 7.13. The summed E-state index contributed by atoms with van der Waals surface area (Å²) in [7, 11) is 0. The summed E-state index contributed by atoms with van der Waals surface area (Å²) in [5, 5.41) is 11.4. The molecule has 0 saturated heterocycles. The summed E-state index contributed by atoms with van der Waals surface area (Å²) < 4.78 is 13.6. The van der Waals surface area contributed by atoms with Crippen LogP contribution in [0.4, 0.5) is 4.39 Å². The number of carbonyl (C=O) groups is 1. The fourth-order valence-corrected chi connectivity index (χ4v) is 2.90. The van der Waals surface area contributed by atoms with Crippen LogP contribution in [0.3, 0.4) is 0 Å². The number of rotatable bonds is 3. The lowest BCUT2D eigenvalue weighted by Gasteiger charge is -2.04. The molecule has 1 saturated carbocycles. The Labute approximate surface area is 107 Å². The maximum Gasteiger partial charge on any atom is 0.315 e. The average molecular weight is 263 g/mol. The number of halogens is 1. The third-order valence-electron chi connectivity index (χ3n) is 3.26. The minimum atomic E-state index is -0.840. The second-order valence-corrected chi connectivity index (χ2v) is 5.26. The van der Waals surface area contributed by atoms with Crippen LogP contribution >= 0.6 is 11.3 Å². The van der Waals surface area contributed by atoms with Gasteiger partial charge in [-0.2, -0.15) is 0 Å². The number of hydrogen-bond acceptors (Lipinski definition) is 3. The molecule has 0 atom stereocenters. The Bertz CT molecular complexity index is 619. The zero-order valence-corrected chi connectivity index (χ0v) is 10.2. The molecule has 18 heavy (non-hydrogen) atoms. The second-order valence-electron chi connectivity index (χ2n) is 4.41. The average Bonchev–Trinajstić information content (AvgIpc) is 3.03. The Balaban J connectivity index is 2.01.